The van der Waals surface area contributed by atoms with Gasteiger partial charge in [-0.3, -0.25) is 9.63 Å². The van der Waals surface area contributed by atoms with Crippen molar-refractivity contribution >= 4 is 5.91 Å². The van der Waals surface area contributed by atoms with Gasteiger partial charge in [0, 0.05) is 0 Å². The van der Waals surface area contributed by atoms with Crippen molar-refractivity contribution < 1.29 is 9.63 Å². The summed E-state index contributed by atoms with van der Waals surface area (Å²) in [4.78, 5) is 17.8. The standard InChI is InChI=1S/C18H19NO2/c1-14-17(12-15-8-4-2-5-9-15)18(20)19(14)21-13-16-10-6-3-7-11-16/h2-11,14,17H,12-13H2,1H3/t14-,17-/m0/s1. The van der Waals surface area contributed by atoms with Crippen LogP contribution in [0, 0.1) is 5.92 Å². The van der Waals surface area contributed by atoms with Crippen molar-refractivity contribution in [1.82, 2.24) is 5.06 Å². The van der Waals surface area contributed by atoms with Gasteiger partial charge in [-0.15, -0.1) is 0 Å². The molecule has 2 atom stereocenters. The van der Waals surface area contributed by atoms with Crippen LogP contribution in [-0.2, 0) is 22.7 Å². The summed E-state index contributed by atoms with van der Waals surface area (Å²) in [6, 6.07) is 20.2. The quantitative estimate of drug-likeness (QED) is 0.788. The molecule has 1 heterocycles. The average molecular weight is 281 g/mol. The summed E-state index contributed by atoms with van der Waals surface area (Å²) in [6.07, 6.45) is 0.784. The maximum absolute atomic E-state index is 12.2. The second-order valence-corrected chi connectivity index (χ2v) is 5.46. The SMILES string of the molecule is C[C@H]1[C@H](Cc2ccccc2)C(=O)N1OCc1ccccc1. The highest BCUT2D eigenvalue weighted by atomic mass is 16.7. The lowest BCUT2D eigenvalue weighted by atomic mass is 9.85. The van der Waals surface area contributed by atoms with Gasteiger partial charge in [0.05, 0.1) is 12.0 Å². The van der Waals surface area contributed by atoms with E-state index in [1.54, 1.807) is 0 Å². The second kappa shape index (κ2) is 6.10. The molecule has 108 valence electrons. The van der Waals surface area contributed by atoms with Crippen molar-refractivity contribution in [2.24, 2.45) is 5.92 Å². The van der Waals surface area contributed by atoms with Gasteiger partial charge in [0.1, 0.15) is 6.61 Å². The first-order valence-corrected chi connectivity index (χ1v) is 7.29. The van der Waals surface area contributed by atoms with Crippen LogP contribution in [0.25, 0.3) is 0 Å². The molecule has 0 aromatic heterocycles. The lowest BCUT2D eigenvalue weighted by Crippen LogP contribution is -2.59. The van der Waals surface area contributed by atoms with Gasteiger partial charge in [-0.25, -0.2) is 5.06 Å². The predicted molar refractivity (Wildman–Crippen MR) is 81.2 cm³/mol. The Morgan fingerprint density at radius 1 is 0.952 bits per heavy atom. The molecule has 0 N–H and O–H groups in total. The van der Waals surface area contributed by atoms with Crippen molar-refractivity contribution in [3.05, 3.63) is 71.8 Å². The van der Waals surface area contributed by atoms with E-state index in [0.29, 0.717) is 6.61 Å². The van der Waals surface area contributed by atoms with E-state index >= 15 is 0 Å². The maximum atomic E-state index is 12.2. The molecule has 21 heavy (non-hydrogen) atoms. The lowest BCUT2D eigenvalue weighted by Gasteiger charge is -2.43. The molecule has 0 unspecified atom stereocenters. The highest BCUT2D eigenvalue weighted by Crippen LogP contribution is 2.30. The molecule has 1 aliphatic heterocycles. The van der Waals surface area contributed by atoms with Crippen LogP contribution in [0.4, 0.5) is 0 Å². The summed E-state index contributed by atoms with van der Waals surface area (Å²) in [5.74, 6) is 0.116. The van der Waals surface area contributed by atoms with E-state index in [9.17, 15) is 4.79 Å². The Bertz CT molecular complexity index is 597. The van der Waals surface area contributed by atoms with Gasteiger partial charge in [0.25, 0.3) is 5.91 Å². The highest BCUT2D eigenvalue weighted by Gasteiger charge is 2.45. The van der Waals surface area contributed by atoms with Gasteiger partial charge >= 0.3 is 0 Å². The van der Waals surface area contributed by atoms with Gasteiger partial charge < -0.3 is 0 Å². The Morgan fingerprint density at radius 2 is 1.52 bits per heavy atom. The van der Waals surface area contributed by atoms with E-state index in [4.69, 9.17) is 4.84 Å². The molecule has 0 bridgehead atoms. The minimum Gasteiger partial charge on any atom is -0.272 e. The van der Waals surface area contributed by atoms with Gasteiger partial charge in [-0.2, -0.15) is 0 Å². The predicted octanol–water partition coefficient (Wildman–Crippen LogP) is 3.21. The summed E-state index contributed by atoms with van der Waals surface area (Å²) >= 11 is 0. The number of hydroxylamine groups is 2. The van der Waals surface area contributed by atoms with Gasteiger partial charge in [0.2, 0.25) is 0 Å². The summed E-state index contributed by atoms with van der Waals surface area (Å²) in [5.41, 5.74) is 2.27. The van der Waals surface area contributed by atoms with Gasteiger partial charge in [-0.05, 0) is 24.5 Å². The molecule has 2 aromatic rings. The molecule has 3 nitrogen and oxygen atoms in total. The minimum absolute atomic E-state index is 0.0307. The van der Waals surface area contributed by atoms with E-state index < -0.39 is 0 Å². The fourth-order valence-electron chi connectivity index (χ4n) is 2.68. The number of benzene rings is 2. The van der Waals surface area contributed by atoms with Crippen LogP contribution in [0.15, 0.2) is 60.7 Å². The zero-order chi connectivity index (χ0) is 14.7. The van der Waals surface area contributed by atoms with Crippen molar-refractivity contribution in [3.8, 4) is 0 Å². The van der Waals surface area contributed by atoms with Crippen molar-refractivity contribution in [1.29, 1.82) is 0 Å². The largest absolute Gasteiger partial charge is 0.272 e. The molecule has 0 saturated carbocycles. The van der Waals surface area contributed by atoms with E-state index in [-0.39, 0.29) is 17.9 Å². The number of carbonyl (C=O) groups excluding carboxylic acids is 1. The normalized spacial score (nSPS) is 21.2. The Balaban J connectivity index is 1.55. The van der Waals surface area contributed by atoms with Crippen LogP contribution in [0.5, 0.6) is 0 Å². The van der Waals surface area contributed by atoms with Gasteiger partial charge in [-0.1, -0.05) is 60.7 Å². The molecule has 2 aromatic carbocycles. The Labute approximate surface area is 125 Å². The third kappa shape index (κ3) is 2.98. The third-order valence-corrected chi connectivity index (χ3v) is 4.00. The van der Waals surface area contributed by atoms with Crippen LogP contribution in [-0.4, -0.2) is 17.0 Å². The van der Waals surface area contributed by atoms with Crippen molar-refractivity contribution in [3.63, 3.8) is 0 Å². The van der Waals surface area contributed by atoms with Crippen LogP contribution < -0.4 is 0 Å². The van der Waals surface area contributed by atoms with Crippen molar-refractivity contribution in [2.45, 2.75) is 26.0 Å². The first-order chi connectivity index (χ1) is 10.3. The van der Waals surface area contributed by atoms with Crippen LogP contribution in [0.3, 0.4) is 0 Å². The van der Waals surface area contributed by atoms with E-state index in [1.807, 2.05) is 55.5 Å². The second-order valence-electron chi connectivity index (χ2n) is 5.46. The first kappa shape index (κ1) is 13.8. The molecule has 3 rings (SSSR count). The van der Waals surface area contributed by atoms with Crippen LogP contribution in [0.1, 0.15) is 18.1 Å². The van der Waals surface area contributed by atoms with E-state index in [2.05, 4.69) is 12.1 Å². The van der Waals surface area contributed by atoms with Crippen LogP contribution >= 0.6 is 0 Å². The zero-order valence-electron chi connectivity index (χ0n) is 12.1. The minimum atomic E-state index is 0.0307. The molecule has 0 radical (unpaired) electrons. The fraction of sp³-hybridized carbons (Fsp3) is 0.278. The molecule has 1 saturated heterocycles. The monoisotopic (exact) mass is 281 g/mol. The molecule has 0 spiro atoms. The first-order valence-electron chi connectivity index (χ1n) is 7.29. The van der Waals surface area contributed by atoms with E-state index in [1.165, 1.54) is 10.6 Å². The number of hydrogen-bond acceptors (Lipinski definition) is 2. The maximum Gasteiger partial charge on any atom is 0.252 e. The number of β-lactam (4-membered cyclic amide) rings is 1. The molecular weight excluding hydrogens is 262 g/mol. The molecule has 3 heteroatoms. The summed E-state index contributed by atoms with van der Waals surface area (Å²) < 4.78 is 0. The van der Waals surface area contributed by atoms with Gasteiger partial charge in [0.15, 0.2) is 0 Å². The molecule has 0 aliphatic carbocycles. The fourth-order valence-corrected chi connectivity index (χ4v) is 2.68. The lowest BCUT2D eigenvalue weighted by molar-refractivity contribution is -0.245. The summed E-state index contributed by atoms with van der Waals surface area (Å²) in [7, 11) is 0. The van der Waals surface area contributed by atoms with Crippen LogP contribution in [0.2, 0.25) is 0 Å². The van der Waals surface area contributed by atoms with Crippen molar-refractivity contribution in [2.75, 3.05) is 0 Å². The summed E-state index contributed by atoms with van der Waals surface area (Å²) in [6.45, 7) is 2.48. The molecule has 1 amide bonds. The molecular formula is C18H19NO2. The van der Waals surface area contributed by atoms with E-state index in [0.717, 1.165) is 12.0 Å². The Morgan fingerprint density at radius 3 is 2.10 bits per heavy atom. The number of carbonyl (C=O) groups is 1. The molecule has 1 fully saturated rings. The Hall–Kier alpha value is -2.13. The summed E-state index contributed by atoms with van der Waals surface area (Å²) in [5, 5.41) is 1.51. The third-order valence-electron chi connectivity index (χ3n) is 4.00. The average Bonchev–Trinajstić information content (AvgIpc) is 2.55. The number of hydrogen-bond donors (Lipinski definition) is 0. The molecule has 1 aliphatic rings. The highest BCUT2D eigenvalue weighted by molar-refractivity contribution is 5.85. The zero-order valence-corrected chi connectivity index (χ0v) is 12.1. The number of rotatable bonds is 5. The smallest absolute Gasteiger partial charge is 0.252 e. The topological polar surface area (TPSA) is 29.5 Å². The number of nitrogens with zero attached hydrogens (tertiary/aromatic N) is 1. The Kier molecular flexibility index (Phi) is 4.02. The number of amides is 1.